The average molecular weight is 390 g/mol. The number of fused-ring (bicyclic) bond motifs is 2. The molecule has 8 nitrogen and oxygen atoms in total. The summed E-state index contributed by atoms with van der Waals surface area (Å²) in [4.78, 5) is 25.2. The number of aromatic nitrogens is 8. The molecule has 6 aromatic rings. The van der Waals surface area contributed by atoms with Gasteiger partial charge in [-0.2, -0.15) is 5.10 Å². The van der Waals surface area contributed by atoms with E-state index in [1.54, 1.807) is 24.8 Å². The molecule has 30 heavy (non-hydrogen) atoms. The topological polar surface area (TPSA) is 109 Å². The van der Waals surface area contributed by atoms with Crippen molar-refractivity contribution < 1.29 is 0 Å². The Labute approximate surface area is 170 Å². The van der Waals surface area contributed by atoms with Gasteiger partial charge in [0.1, 0.15) is 17.5 Å². The number of hydrogen-bond acceptors (Lipinski definition) is 6. The van der Waals surface area contributed by atoms with Crippen molar-refractivity contribution >= 4 is 21.9 Å². The number of aromatic amines is 2. The zero-order valence-electron chi connectivity index (χ0n) is 15.6. The predicted octanol–water partition coefficient (Wildman–Crippen LogP) is 4.02. The maximum absolute atomic E-state index is 4.81. The van der Waals surface area contributed by atoms with E-state index in [-0.39, 0.29) is 0 Å². The molecule has 6 aromatic heterocycles. The minimum absolute atomic E-state index is 0.747. The highest BCUT2D eigenvalue weighted by Gasteiger charge is 2.16. The van der Waals surface area contributed by atoms with E-state index >= 15 is 0 Å². The van der Waals surface area contributed by atoms with Crippen LogP contribution in [0.5, 0.6) is 0 Å². The van der Waals surface area contributed by atoms with Gasteiger partial charge >= 0.3 is 0 Å². The van der Waals surface area contributed by atoms with Crippen LogP contribution in [-0.4, -0.2) is 40.1 Å². The number of rotatable bonds is 3. The minimum atomic E-state index is 0.747. The van der Waals surface area contributed by atoms with Gasteiger partial charge in [0.05, 0.1) is 22.6 Å². The van der Waals surface area contributed by atoms with Gasteiger partial charge in [0.2, 0.25) is 0 Å². The molecule has 0 saturated heterocycles. The molecule has 2 N–H and O–H groups in total. The van der Waals surface area contributed by atoms with Crippen LogP contribution in [0.3, 0.4) is 0 Å². The highest BCUT2D eigenvalue weighted by atomic mass is 15.1. The summed E-state index contributed by atoms with van der Waals surface area (Å²) in [6, 6.07) is 11.8. The van der Waals surface area contributed by atoms with Crippen molar-refractivity contribution in [1.29, 1.82) is 0 Å². The van der Waals surface area contributed by atoms with Crippen LogP contribution in [-0.2, 0) is 0 Å². The first-order chi connectivity index (χ1) is 14.9. The first-order valence-corrected chi connectivity index (χ1v) is 9.36. The lowest BCUT2D eigenvalue weighted by Crippen LogP contribution is -1.87. The molecular formula is C22H14N8. The van der Waals surface area contributed by atoms with Gasteiger partial charge in [0, 0.05) is 53.0 Å². The molecule has 0 bridgehead atoms. The first-order valence-electron chi connectivity index (χ1n) is 9.36. The number of hydrogen-bond donors (Lipinski definition) is 2. The Morgan fingerprint density at radius 1 is 0.767 bits per heavy atom. The second kappa shape index (κ2) is 6.56. The van der Waals surface area contributed by atoms with Crippen molar-refractivity contribution in [2.45, 2.75) is 0 Å². The molecule has 0 unspecified atom stereocenters. The van der Waals surface area contributed by atoms with Gasteiger partial charge < -0.3 is 4.98 Å². The Morgan fingerprint density at radius 2 is 1.67 bits per heavy atom. The van der Waals surface area contributed by atoms with Crippen LogP contribution < -0.4 is 0 Å². The highest BCUT2D eigenvalue weighted by Crippen LogP contribution is 2.32. The Balaban J connectivity index is 1.52. The van der Waals surface area contributed by atoms with Crippen LogP contribution in [0.15, 0.2) is 73.7 Å². The molecule has 0 aliphatic rings. The third kappa shape index (κ3) is 2.62. The van der Waals surface area contributed by atoms with E-state index in [9.17, 15) is 0 Å². The van der Waals surface area contributed by atoms with E-state index in [2.05, 4.69) is 41.2 Å². The molecule has 0 saturated carbocycles. The molecular weight excluding hydrogens is 376 g/mol. The average Bonchev–Trinajstić information content (AvgIpc) is 3.43. The molecule has 0 aliphatic carbocycles. The predicted molar refractivity (Wildman–Crippen MR) is 113 cm³/mol. The summed E-state index contributed by atoms with van der Waals surface area (Å²) in [5.41, 5.74) is 7.70. The molecule has 6 rings (SSSR count). The molecule has 0 radical (unpaired) electrons. The Bertz CT molecular complexity index is 1490. The van der Waals surface area contributed by atoms with E-state index in [0.29, 0.717) is 0 Å². The summed E-state index contributed by atoms with van der Waals surface area (Å²) in [6.45, 7) is 0. The maximum atomic E-state index is 4.81. The SMILES string of the molecule is c1cncc(-c2nccc3[nH]c(-c4n[nH]c5ccc(-c6cncnc6)nc45)cc23)c1. The van der Waals surface area contributed by atoms with Gasteiger partial charge in [0.25, 0.3) is 0 Å². The van der Waals surface area contributed by atoms with Gasteiger partial charge in [-0.3, -0.25) is 15.1 Å². The third-order valence-corrected chi connectivity index (χ3v) is 5.00. The van der Waals surface area contributed by atoms with Crippen LogP contribution in [0.1, 0.15) is 0 Å². The van der Waals surface area contributed by atoms with E-state index in [1.807, 2.05) is 36.5 Å². The summed E-state index contributed by atoms with van der Waals surface area (Å²) in [5.74, 6) is 0. The fourth-order valence-corrected chi connectivity index (χ4v) is 3.59. The smallest absolute Gasteiger partial charge is 0.135 e. The largest absolute Gasteiger partial charge is 0.353 e. The summed E-state index contributed by atoms with van der Waals surface area (Å²) < 4.78 is 0. The maximum Gasteiger partial charge on any atom is 0.135 e. The standard InChI is InChI=1S/C22H14N8/c1-2-13(9-23-6-1)20-15-8-19(27-17(15)5-7-26-20)22-21-18(29-30-22)4-3-16(28-21)14-10-24-12-25-11-14/h1-12,27H,(H,29,30). The normalized spacial score (nSPS) is 11.3. The van der Waals surface area contributed by atoms with Gasteiger partial charge in [-0.25, -0.2) is 15.0 Å². The number of pyridine rings is 3. The van der Waals surface area contributed by atoms with Gasteiger partial charge in [-0.1, -0.05) is 0 Å². The highest BCUT2D eigenvalue weighted by molar-refractivity contribution is 5.99. The van der Waals surface area contributed by atoms with Gasteiger partial charge in [0.15, 0.2) is 0 Å². The van der Waals surface area contributed by atoms with Crippen LogP contribution in [0.4, 0.5) is 0 Å². The van der Waals surface area contributed by atoms with E-state index in [4.69, 9.17) is 4.98 Å². The van der Waals surface area contributed by atoms with Crippen molar-refractivity contribution in [3.05, 3.63) is 73.7 Å². The van der Waals surface area contributed by atoms with Crippen LogP contribution in [0.25, 0.3) is 55.8 Å². The molecule has 0 aliphatic heterocycles. The summed E-state index contributed by atoms with van der Waals surface area (Å²) in [6.07, 6.45) is 10.4. The molecule has 8 heteroatoms. The molecule has 6 heterocycles. The van der Waals surface area contributed by atoms with Gasteiger partial charge in [-0.05, 0) is 36.4 Å². The second-order valence-corrected chi connectivity index (χ2v) is 6.84. The van der Waals surface area contributed by atoms with Crippen molar-refractivity contribution in [3.63, 3.8) is 0 Å². The van der Waals surface area contributed by atoms with E-state index in [1.165, 1.54) is 6.33 Å². The molecule has 0 fully saturated rings. The van der Waals surface area contributed by atoms with Gasteiger partial charge in [-0.15, -0.1) is 0 Å². The quantitative estimate of drug-likeness (QED) is 0.472. The number of nitrogens with zero attached hydrogens (tertiary/aromatic N) is 6. The molecule has 142 valence electrons. The van der Waals surface area contributed by atoms with Crippen molar-refractivity contribution in [1.82, 2.24) is 40.1 Å². The summed E-state index contributed by atoms with van der Waals surface area (Å²) in [7, 11) is 0. The van der Waals surface area contributed by atoms with Crippen molar-refractivity contribution in [2.75, 3.05) is 0 Å². The van der Waals surface area contributed by atoms with Crippen LogP contribution >= 0.6 is 0 Å². The molecule has 0 aromatic carbocycles. The lowest BCUT2D eigenvalue weighted by Gasteiger charge is -2.00. The van der Waals surface area contributed by atoms with Crippen molar-refractivity contribution in [2.24, 2.45) is 0 Å². The molecule has 0 spiro atoms. The Hall–Kier alpha value is -4.46. The molecule has 0 amide bonds. The summed E-state index contributed by atoms with van der Waals surface area (Å²) in [5, 5.41) is 8.59. The number of H-pyrrole nitrogens is 2. The van der Waals surface area contributed by atoms with Crippen LogP contribution in [0, 0.1) is 0 Å². The first kappa shape index (κ1) is 16.5. The van der Waals surface area contributed by atoms with Crippen molar-refractivity contribution in [3.8, 4) is 33.9 Å². The fraction of sp³-hybridized carbons (Fsp3) is 0. The third-order valence-electron chi connectivity index (χ3n) is 5.00. The minimum Gasteiger partial charge on any atom is -0.353 e. The number of nitrogens with one attached hydrogen (secondary N) is 2. The molecule has 0 atom stereocenters. The second-order valence-electron chi connectivity index (χ2n) is 6.84. The zero-order chi connectivity index (χ0) is 19.9. The zero-order valence-corrected chi connectivity index (χ0v) is 15.6. The van der Waals surface area contributed by atoms with E-state index in [0.717, 1.165) is 55.8 Å². The fourth-order valence-electron chi connectivity index (χ4n) is 3.59. The lowest BCUT2D eigenvalue weighted by atomic mass is 10.1. The Morgan fingerprint density at radius 3 is 2.53 bits per heavy atom. The monoisotopic (exact) mass is 390 g/mol. The Kier molecular flexibility index (Phi) is 3.60. The van der Waals surface area contributed by atoms with E-state index < -0.39 is 0 Å². The summed E-state index contributed by atoms with van der Waals surface area (Å²) >= 11 is 0. The lowest BCUT2D eigenvalue weighted by molar-refractivity contribution is 1.12. The van der Waals surface area contributed by atoms with Crippen LogP contribution in [0.2, 0.25) is 0 Å².